The Hall–Kier alpha value is -2.77. The molecule has 0 aliphatic rings. The summed E-state index contributed by atoms with van der Waals surface area (Å²) >= 11 is 0. The van der Waals surface area contributed by atoms with Crippen LogP contribution in [0, 0.1) is 0 Å². The third-order valence-electron chi connectivity index (χ3n) is 2.22. The van der Waals surface area contributed by atoms with Crippen LogP contribution in [0.25, 0.3) is 0 Å². The van der Waals surface area contributed by atoms with E-state index < -0.39 is 17.1 Å². The lowest BCUT2D eigenvalue weighted by atomic mass is 10.2. The lowest BCUT2D eigenvalue weighted by Crippen LogP contribution is -2.29. The predicted octanol–water partition coefficient (Wildman–Crippen LogP) is -0.927. The lowest BCUT2D eigenvalue weighted by molar-refractivity contribution is 0.0694. The van der Waals surface area contributed by atoms with Crippen LogP contribution in [0.2, 0.25) is 0 Å². The number of carboxylic acids is 1. The van der Waals surface area contributed by atoms with Crippen molar-refractivity contribution in [2.24, 2.45) is 0 Å². The first-order chi connectivity index (χ1) is 8.58. The summed E-state index contributed by atoms with van der Waals surface area (Å²) in [6, 6.07) is 2.19. The van der Waals surface area contributed by atoms with Crippen LogP contribution in [-0.2, 0) is 6.54 Å². The van der Waals surface area contributed by atoms with E-state index in [4.69, 9.17) is 5.11 Å². The maximum atomic E-state index is 11.5. The zero-order chi connectivity index (χ0) is 13.1. The van der Waals surface area contributed by atoms with Crippen LogP contribution in [0.1, 0.15) is 16.1 Å². The highest BCUT2D eigenvalue weighted by Gasteiger charge is 2.12. The fourth-order valence-corrected chi connectivity index (χ4v) is 1.39. The molecule has 8 nitrogen and oxygen atoms in total. The second-order valence-corrected chi connectivity index (χ2v) is 3.42. The van der Waals surface area contributed by atoms with Gasteiger partial charge in [-0.25, -0.2) is 19.4 Å². The minimum atomic E-state index is -1.20. The summed E-state index contributed by atoms with van der Waals surface area (Å²) in [5, 5.41) is 11.2. The van der Waals surface area contributed by atoms with Gasteiger partial charge in [0.1, 0.15) is 11.9 Å². The predicted molar refractivity (Wildman–Crippen MR) is 59.4 cm³/mol. The van der Waals surface area contributed by atoms with Crippen LogP contribution >= 0.6 is 0 Å². The Balaban J connectivity index is 2.46. The number of rotatable bonds is 3. The number of aromatic carboxylic acids is 1. The number of H-pyrrole nitrogens is 1. The van der Waals surface area contributed by atoms with Crippen molar-refractivity contribution in [3.05, 3.63) is 56.6 Å². The van der Waals surface area contributed by atoms with Gasteiger partial charge in [-0.05, 0) is 0 Å². The number of nitrogens with one attached hydrogen (secondary N) is 1. The molecular weight excluding hydrogens is 240 g/mol. The molecule has 8 heteroatoms. The minimum absolute atomic E-state index is 0.117. The van der Waals surface area contributed by atoms with Crippen LogP contribution in [0.15, 0.2) is 34.2 Å². The van der Waals surface area contributed by atoms with Crippen molar-refractivity contribution in [3.63, 3.8) is 0 Å². The van der Waals surface area contributed by atoms with Crippen molar-refractivity contribution in [2.75, 3.05) is 0 Å². The van der Waals surface area contributed by atoms with Crippen LogP contribution < -0.4 is 11.1 Å². The van der Waals surface area contributed by atoms with Gasteiger partial charge >= 0.3 is 5.97 Å². The highest BCUT2D eigenvalue weighted by Crippen LogP contribution is 2.03. The summed E-state index contributed by atoms with van der Waals surface area (Å²) < 4.78 is 0.983. The van der Waals surface area contributed by atoms with Crippen LogP contribution in [0.3, 0.4) is 0 Å². The number of nitrogens with zero attached hydrogens (tertiary/aromatic N) is 3. The molecule has 92 valence electrons. The Kier molecular flexibility index (Phi) is 3.00. The normalized spacial score (nSPS) is 10.2. The fourth-order valence-electron chi connectivity index (χ4n) is 1.39. The summed E-state index contributed by atoms with van der Waals surface area (Å²) in [6.45, 7) is -0.140. The molecule has 0 unspecified atom stereocenters. The van der Waals surface area contributed by atoms with Gasteiger partial charge in [0.05, 0.1) is 12.2 Å². The van der Waals surface area contributed by atoms with Crippen molar-refractivity contribution in [2.45, 2.75) is 6.54 Å². The average molecular weight is 248 g/mol. The van der Waals surface area contributed by atoms with Gasteiger partial charge < -0.3 is 5.11 Å². The summed E-state index contributed by atoms with van der Waals surface area (Å²) in [4.78, 5) is 40.9. The molecular formula is C10H8N4O4. The first kappa shape index (κ1) is 11.7. The van der Waals surface area contributed by atoms with Gasteiger partial charge in [-0.3, -0.25) is 14.7 Å². The van der Waals surface area contributed by atoms with E-state index in [1.807, 2.05) is 0 Å². The molecule has 2 rings (SSSR count). The van der Waals surface area contributed by atoms with E-state index in [0.717, 1.165) is 23.0 Å². The van der Waals surface area contributed by atoms with E-state index in [0.29, 0.717) is 0 Å². The molecule has 2 N–H and O–H groups in total. The quantitative estimate of drug-likeness (QED) is 0.724. The molecule has 0 amide bonds. The number of carboxylic acid groups (broad SMARTS) is 1. The summed E-state index contributed by atoms with van der Waals surface area (Å²) in [6.07, 6.45) is 2.31. The Morgan fingerprint density at radius 1 is 1.39 bits per heavy atom. The monoisotopic (exact) mass is 248 g/mol. The summed E-state index contributed by atoms with van der Waals surface area (Å²) in [5.41, 5.74) is -0.888. The van der Waals surface area contributed by atoms with Gasteiger partial charge in [-0.15, -0.1) is 0 Å². The third kappa shape index (κ3) is 2.32. The zero-order valence-corrected chi connectivity index (χ0v) is 9.03. The maximum absolute atomic E-state index is 11.5. The largest absolute Gasteiger partial charge is 0.478 e. The van der Waals surface area contributed by atoms with E-state index in [1.54, 1.807) is 0 Å². The van der Waals surface area contributed by atoms with Crippen molar-refractivity contribution >= 4 is 5.97 Å². The third-order valence-corrected chi connectivity index (χ3v) is 2.22. The Morgan fingerprint density at radius 2 is 2.17 bits per heavy atom. The molecule has 0 aliphatic heterocycles. The zero-order valence-electron chi connectivity index (χ0n) is 9.03. The number of hydrogen-bond acceptors (Lipinski definition) is 5. The first-order valence-corrected chi connectivity index (χ1v) is 4.90. The van der Waals surface area contributed by atoms with Gasteiger partial charge in [0, 0.05) is 18.3 Å². The Morgan fingerprint density at radius 3 is 2.89 bits per heavy atom. The molecule has 0 spiro atoms. The van der Waals surface area contributed by atoms with Gasteiger partial charge in [-0.2, -0.15) is 0 Å². The van der Waals surface area contributed by atoms with E-state index in [2.05, 4.69) is 15.1 Å². The van der Waals surface area contributed by atoms with E-state index in [-0.39, 0.29) is 17.8 Å². The van der Waals surface area contributed by atoms with E-state index in [1.165, 1.54) is 6.33 Å². The summed E-state index contributed by atoms with van der Waals surface area (Å²) in [7, 11) is 0. The second kappa shape index (κ2) is 4.62. The highest BCUT2D eigenvalue weighted by atomic mass is 16.4. The number of carbonyl (C=O) groups is 1. The van der Waals surface area contributed by atoms with Gasteiger partial charge in [0.25, 0.3) is 11.1 Å². The minimum Gasteiger partial charge on any atom is -0.478 e. The summed E-state index contributed by atoms with van der Waals surface area (Å²) in [5.74, 6) is -1.20. The number of aromatic nitrogens is 4. The SMILES string of the molecule is O=C(O)c1cncnc1Cn1[nH]c(=O)ccc1=O. The molecule has 0 fully saturated rings. The Bertz CT molecular complexity index is 703. The van der Waals surface area contributed by atoms with Gasteiger partial charge in [-0.1, -0.05) is 0 Å². The van der Waals surface area contributed by atoms with Crippen LogP contribution in [0.5, 0.6) is 0 Å². The maximum Gasteiger partial charge on any atom is 0.339 e. The topological polar surface area (TPSA) is 118 Å². The van der Waals surface area contributed by atoms with E-state index in [9.17, 15) is 14.4 Å². The molecule has 0 saturated carbocycles. The lowest BCUT2D eigenvalue weighted by Gasteiger charge is -2.06. The van der Waals surface area contributed by atoms with Crippen molar-refractivity contribution in [1.29, 1.82) is 0 Å². The number of hydrogen-bond donors (Lipinski definition) is 2. The molecule has 2 aromatic rings. The molecule has 18 heavy (non-hydrogen) atoms. The molecule has 0 aromatic carbocycles. The van der Waals surface area contributed by atoms with Gasteiger partial charge in [0.15, 0.2) is 0 Å². The van der Waals surface area contributed by atoms with Crippen LogP contribution in [-0.4, -0.2) is 30.8 Å². The standard InChI is InChI=1S/C10H8N4O4/c15-8-1-2-9(16)14(13-8)4-7-6(10(17)18)3-11-5-12-7/h1-3,5H,4H2,(H,13,15)(H,17,18). The Labute approximate surface area is 99.6 Å². The van der Waals surface area contributed by atoms with E-state index >= 15 is 0 Å². The van der Waals surface area contributed by atoms with Gasteiger partial charge in [0.2, 0.25) is 0 Å². The molecule has 2 aromatic heterocycles. The molecule has 0 atom stereocenters. The van der Waals surface area contributed by atoms with Crippen molar-refractivity contribution in [1.82, 2.24) is 19.7 Å². The smallest absolute Gasteiger partial charge is 0.339 e. The molecule has 0 radical (unpaired) electrons. The fraction of sp³-hybridized carbons (Fsp3) is 0.100. The number of aromatic amines is 1. The second-order valence-electron chi connectivity index (χ2n) is 3.42. The molecule has 0 aliphatic carbocycles. The molecule has 0 bridgehead atoms. The van der Waals surface area contributed by atoms with Crippen molar-refractivity contribution < 1.29 is 9.90 Å². The molecule has 0 saturated heterocycles. The van der Waals surface area contributed by atoms with Crippen molar-refractivity contribution in [3.8, 4) is 0 Å². The highest BCUT2D eigenvalue weighted by molar-refractivity contribution is 5.88. The average Bonchev–Trinajstić information content (AvgIpc) is 2.34. The van der Waals surface area contributed by atoms with Crippen LogP contribution in [0.4, 0.5) is 0 Å². The molecule has 2 heterocycles. The first-order valence-electron chi connectivity index (χ1n) is 4.90.